The average molecular weight is 244 g/mol. The van der Waals surface area contributed by atoms with Crippen molar-refractivity contribution in [3.05, 3.63) is 34.6 Å². The summed E-state index contributed by atoms with van der Waals surface area (Å²) in [6.07, 6.45) is 1.93. The van der Waals surface area contributed by atoms with Crippen LogP contribution in [0.25, 0.3) is 0 Å². The summed E-state index contributed by atoms with van der Waals surface area (Å²) in [4.78, 5) is 11.1. The molecule has 1 saturated carbocycles. The fourth-order valence-corrected chi connectivity index (χ4v) is 1.77. The number of benzene rings is 1. The summed E-state index contributed by atoms with van der Waals surface area (Å²) < 4.78 is 13.1. The minimum atomic E-state index is -1.02. The first kappa shape index (κ1) is 11.4. The molecule has 1 aliphatic carbocycles. The molecule has 0 aliphatic heterocycles. The summed E-state index contributed by atoms with van der Waals surface area (Å²) in [5.74, 6) is -1.54. The van der Waals surface area contributed by atoms with Gasteiger partial charge in [-0.15, -0.1) is 0 Å². The molecule has 0 spiro atoms. The molecule has 1 aromatic carbocycles. The number of carboxylic acid groups (broad SMARTS) is 1. The van der Waals surface area contributed by atoms with Gasteiger partial charge in [-0.2, -0.15) is 0 Å². The second-order valence-electron chi connectivity index (χ2n) is 3.91. The van der Waals surface area contributed by atoms with E-state index in [2.05, 4.69) is 5.32 Å². The van der Waals surface area contributed by atoms with Gasteiger partial charge in [0.05, 0.1) is 0 Å². The fourth-order valence-electron chi connectivity index (χ4n) is 1.54. The Bertz CT molecular complexity index is 400. The van der Waals surface area contributed by atoms with Crippen LogP contribution in [-0.2, 0) is 4.79 Å². The number of carbonyl (C=O) groups is 1. The molecule has 0 bridgehead atoms. The van der Waals surface area contributed by atoms with E-state index in [1.54, 1.807) is 0 Å². The molecule has 0 heterocycles. The van der Waals surface area contributed by atoms with E-state index in [1.165, 1.54) is 12.1 Å². The first-order valence-electron chi connectivity index (χ1n) is 5.01. The third kappa shape index (κ3) is 2.71. The molecule has 86 valence electrons. The van der Waals surface area contributed by atoms with Crippen molar-refractivity contribution in [3.8, 4) is 0 Å². The standard InChI is InChI=1S/C11H11ClFNO2/c12-7-3-6(4-8(13)5-7)10(11(15)16)14-9-1-2-9/h3-5,9-10,14H,1-2H2,(H,15,16). The number of nitrogens with one attached hydrogen (secondary N) is 1. The van der Waals surface area contributed by atoms with Gasteiger partial charge in [0, 0.05) is 11.1 Å². The van der Waals surface area contributed by atoms with Crippen molar-refractivity contribution in [3.63, 3.8) is 0 Å². The van der Waals surface area contributed by atoms with Crippen LogP contribution in [0.2, 0.25) is 5.02 Å². The van der Waals surface area contributed by atoms with Gasteiger partial charge in [0.2, 0.25) is 0 Å². The Labute approximate surface area is 97.2 Å². The lowest BCUT2D eigenvalue weighted by Crippen LogP contribution is -2.30. The summed E-state index contributed by atoms with van der Waals surface area (Å²) in [7, 11) is 0. The van der Waals surface area contributed by atoms with Crippen molar-refractivity contribution in [1.82, 2.24) is 5.32 Å². The molecule has 0 aromatic heterocycles. The Kier molecular flexibility index (Phi) is 3.12. The average Bonchev–Trinajstić information content (AvgIpc) is 2.95. The van der Waals surface area contributed by atoms with Gasteiger partial charge in [0.1, 0.15) is 11.9 Å². The number of rotatable bonds is 4. The molecule has 1 aromatic rings. The van der Waals surface area contributed by atoms with Gasteiger partial charge >= 0.3 is 5.97 Å². The lowest BCUT2D eigenvalue weighted by Gasteiger charge is -2.14. The Balaban J connectivity index is 2.25. The molecule has 1 fully saturated rings. The first-order valence-corrected chi connectivity index (χ1v) is 5.39. The van der Waals surface area contributed by atoms with Crippen molar-refractivity contribution in [2.75, 3.05) is 0 Å². The van der Waals surface area contributed by atoms with Gasteiger partial charge in [-0.3, -0.25) is 10.1 Å². The highest BCUT2D eigenvalue weighted by Crippen LogP contribution is 2.26. The number of aliphatic carboxylic acids is 1. The van der Waals surface area contributed by atoms with E-state index in [9.17, 15) is 9.18 Å². The monoisotopic (exact) mass is 243 g/mol. The molecule has 2 rings (SSSR count). The summed E-state index contributed by atoms with van der Waals surface area (Å²) in [5.41, 5.74) is 0.351. The molecule has 5 heteroatoms. The van der Waals surface area contributed by atoms with Gasteiger partial charge in [0.25, 0.3) is 0 Å². The molecule has 1 aliphatic rings. The third-order valence-electron chi connectivity index (χ3n) is 2.44. The van der Waals surface area contributed by atoms with Crippen molar-refractivity contribution >= 4 is 17.6 Å². The summed E-state index contributed by atoms with van der Waals surface area (Å²) in [6.45, 7) is 0. The lowest BCUT2D eigenvalue weighted by atomic mass is 10.1. The van der Waals surface area contributed by atoms with E-state index in [4.69, 9.17) is 16.7 Å². The second kappa shape index (κ2) is 4.39. The number of carboxylic acids is 1. The van der Waals surface area contributed by atoms with Gasteiger partial charge in [-0.05, 0) is 36.6 Å². The van der Waals surface area contributed by atoms with Crippen LogP contribution in [0.1, 0.15) is 24.4 Å². The summed E-state index contributed by atoms with van der Waals surface area (Å²) >= 11 is 5.69. The van der Waals surface area contributed by atoms with Crippen LogP contribution in [-0.4, -0.2) is 17.1 Å². The SMILES string of the molecule is O=C(O)C(NC1CC1)c1cc(F)cc(Cl)c1. The first-order chi connectivity index (χ1) is 7.56. The zero-order valence-corrected chi connectivity index (χ0v) is 9.17. The minimum absolute atomic E-state index is 0.207. The fraction of sp³-hybridized carbons (Fsp3) is 0.364. The normalized spacial score (nSPS) is 17.1. The lowest BCUT2D eigenvalue weighted by molar-refractivity contribution is -0.139. The van der Waals surface area contributed by atoms with E-state index >= 15 is 0 Å². The van der Waals surface area contributed by atoms with Gasteiger partial charge in [0.15, 0.2) is 0 Å². The van der Waals surface area contributed by atoms with Gasteiger partial charge in [-0.25, -0.2) is 4.39 Å². The molecule has 0 saturated heterocycles. The predicted octanol–water partition coefficient (Wildman–Crippen LogP) is 2.36. The number of hydrogen-bond donors (Lipinski definition) is 2. The van der Waals surface area contributed by atoms with E-state index in [0.29, 0.717) is 5.56 Å². The van der Waals surface area contributed by atoms with Crippen LogP contribution < -0.4 is 5.32 Å². The summed E-state index contributed by atoms with van der Waals surface area (Å²) in [5, 5.41) is 12.2. The molecule has 1 unspecified atom stereocenters. The van der Waals surface area contributed by atoms with E-state index in [-0.39, 0.29) is 11.1 Å². The Morgan fingerprint density at radius 2 is 2.19 bits per heavy atom. The van der Waals surface area contributed by atoms with Crippen LogP contribution in [0.15, 0.2) is 18.2 Å². The highest BCUT2D eigenvalue weighted by molar-refractivity contribution is 6.30. The maximum Gasteiger partial charge on any atom is 0.325 e. The second-order valence-corrected chi connectivity index (χ2v) is 4.35. The Morgan fingerprint density at radius 3 is 2.69 bits per heavy atom. The van der Waals surface area contributed by atoms with Gasteiger partial charge < -0.3 is 5.11 Å². The Morgan fingerprint density at radius 1 is 1.50 bits per heavy atom. The summed E-state index contributed by atoms with van der Waals surface area (Å²) in [6, 6.07) is 3.16. The molecule has 1 atom stereocenters. The van der Waals surface area contributed by atoms with E-state index in [1.807, 2.05) is 0 Å². The zero-order chi connectivity index (χ0) is 11.7. The minimum Gasteiger partial charge on any atom is -0.480 e. The quantitative estimate of drug-likeness (QED) is 0.854. The Hall–Kier alpha value is -1.13. The van der Waals surface area contributed by atoms with Crippen molar-refractivity contribution in [2.24, 2.45) is 0 Å². The van der Waals surface area contributed by atoms with Crippen LogP contribution in [0, 0.1) is 5.82 Å². The van der Waals surface area contributed by atoms with Crippen LogP contribution >= 0.6 is 11.6 Å². The number of hydrogen-bond acceptors (Lipinski definition) is 2. The third-order valence-corrected chi connectivity index (χ3v) is 2.66. The highest BCUT2D eigenvalue weighted by atomic mass is 35.5. The zero-order valence-electron chi connectivity index (χ0n) is 8.41. The van der Waals surface area contributed by atoms with Crippen LogP contribution in [0.3, 0.4) is 0 Å². The van der Waals surface area contributed by atoms with E-state index < -0.39 is 17.8 Å². The van der Waals surface area contributed by atoms with Crippen LogP contribution in [0.5, 0.6) is 0 Å². The molecule has 0 radical (unpaired) electrons. The maximum absolute atomic E-state index is 13.1. The maximum atomic E-state index is 13.1. The molecule has 0 amide bonds. The topological polar surface area (TPSA) is 49.3 Å². The van der Waals surface area contributed by atoms with Gasteiger partial charge in [-0.1, -0.05) is 11.6 Å². The largest absolute Gasteiger partial charge is 0.480 e. The van der Waals surface area contributed by atoms with Crippen LogP contribution in [0.4, 0.5) is 4.39 Å². The van der Waals surface area contributed by atoms with Crippen molar-refractivity contribution < 1.29 is 14.3 Å². The van der Waals surface area contributed by atoms with Crippen molar-refractivity contribution in [1.29, 1.82) is 0 Å². The smallest absolute Gasteiger partial charge is 0.325 e. The molecule has 2 N–H and O–H groups in total. The predicted molar refractivity (Wildman–Crippen MR) is 57.9 cm³/mol. The molecular formula is C11H11ClFNO2. The molecular weight excluding hydrogens is 233 g/mol. The van der Waals surface area contributed by atoms with E-state index in [0.717, 1.165) is 18.9 Å². The highest BCUT2D eigenvalue weighted by Gasteiger charge is 2.29. The number of halogens is 2. The molecule has 3 nitrogen and oxygen atoms in total. The molecule has 16 heavy (non-hydrogen) atoms. The van der Waals surface area contributed by atoms with Crippen molar-refractivity contribution in [2.45, 2.75) is 24.9 Å².